The minimum absolute atomic E-state index is 0.125. The van der Waals surface area contributed by atoms with Crippen LogP contribution >= 0.6 is 0 Å². The van der Waals surface area contributed by atoms with E-state index in [4.69, 9.17) is 4.74 Å². The molecule has 0 fully saturated rings. The maximum absolute atomic E-state index is 12.9. The maximum atomic E-state index is 12.9. The first kappa shape index (κ1) is 18.0. The smallest absolute Gasteiger partial charge is 0.416 e. The van der Waals surface area contributed by atoms with Gasteiger partial charge in [0.25, 0.3) is 0 Å². The molecule has 1 amide bonds. The fourth-order valence-electron chi connectivity index (χ4n) is 2.55. The Hall–Kier alpha value is -2.31. The van der Waals surface area contributed by atoms with E-state index in [-0.39, 0.29) is 37.0 Å². The average molecular weight is 341 g/mol. The lowest BCUT2D eigenvalue weighted by Crippen LogP contribution is -2.38. The van der Waals surface area contributed by atoms with Gasteiger partial charge >= 0.3 is 12.1 Å². The molecule has 24 heavy (non-hydrogen) atoms. The Morgan fingerprint density at radius 3 is 2.71 bits per heavy atom. The van der Waals surface area contributed by atoms with Crippen LogP contribution in [0.4, 0.5) is 13.2 Å². The highest BCUT2D eigenvalue weighted by atomic mass is 19.4. The van der Waals surface area contributed by atoms with Gasteiger partial charge in [0.15, 0.2) is 0 Å². The van der Waals surface area contributed by atoms with Gasteiger partial charge in [0.1, 0.15) is 6.54 Å². The zero-order valence-corrected chi connectivity index (χ0v) is 13.4. The van der Waals surface area contributed by atoms with Crippen LogP contribution in [0.2, 0.25) is 0 Å². The Balaban J connectivity index is 2.40. The summed E-state index contributed by atoms with van der Waals surface area (Å²) in [5, 5.41) is 0. The summed E-state index contributed by atoms with van der Waals surface area (Å²) >= 11 is 0. The first-order valence-corrected chi connectivity index (χ1v) is 7.57. The zero-order chi connectivity index (χ0) is 17.9. The van der Waals surface area contributed by atoms with E-state index in [1.54, 1.807) is 19.9 Å². The van der Waals surface area contributed by atoms with Gasteiger partial charge in [-0.3, -0.25) is 9.59 Å². The van der Waals surface area contributed by atoms with Crippen molar-refractivity contribution in [3.05, 3.63) is 41.5 Å². The van der Waals surface area contributed by atoms with E-state index in [2.05, 4.69) is 0 Å². The van der Waals surface area contributed by atoms with Crippen LogP contribution in [0, 0.1) is 5.92 Å². The summed E-state index contributed by atoms with van der Waals surface area (Å²) in [6, 6.07) is 4.72. The van der Waals surface area contributed by atoms with Crippen molar-refractivity contribution in [3.63, 3.8) is 0 Å². The van der Waals surface area contributed by atoms with E-state index in [1.807, 2.05) is 0 Å². The van der Waals surface area contributed by atoms with Crippen molar-refractivity contribution in [2.24, 2.45) is 5.92 Å². The summed E-state index contributed by atoms with van der Waals surface area (Å²) in [7, 11) is 0. The van der Waals surface area contributed by atoms with Gasteiger partial charge in [-0.1, -0.05) is 25.1 Å². The standard InChI is InChI=1S/C17H18F3NO3/c1-3-24-16(23)10-21-14(7-11(2)8-15(21)22)12-5-4-6-13(9-12)17(18,19)20/h4-7,9,11H,3,8,10H2,1-2H3. The lowest BCUT2D eigenvalue weighted by molar-refractivity contribution is -0.147. The monoisotopic (exact) mass is 341 g/mol. The summed E-state index contributed by atoms with van der Waals surface area (Å²) in [4.78, 5) is 25.2. The number of esters is 1. The van der Waals surface area contributed by atoms with Crippen LogP contribution in [0.1, 0.15) is 31.4 Å². The minimum Gasteiger partial charge on any atom is -0.465 e. The van der Waals surface area contributed by atoms with Crippen LogP contribution < -0.4 is 0 Å². The molecule has 1 aromatic carbocycles. The number of halogens is 3. The van der Waals surface area contributed by atoms with E-state index >= 15 is 0 Å². The summed E-state index contributed by atoms with van der Waals surface area (Å²) in [6.45, 7) is 3.29. The molecule has 0 N–H and O–H groups in total. The molecule has 7 heteroatoms. The number of ether oxygens (including phenoxy) is 1. The molecule has 0 aromatic heterocycles. The molecule has 0 bridgehead atoms. The van der Waals surface area contributed by atoms with Crippen molar-refractivity contribution < 1.29 is 27.5 Å². The van der Waals surface area contributed by atoms with Crippen LogP contribution in [0.5, 0.6) is 0 Å². The fourth-order valence-corrected chi connectivity index (χ4v) is 2.55. The van der Waals surface area contributed by atoms with Crippen molar-refractivity contribution in [3.8, 4) is 0 Å². The molecule has 1 unspecified atom stereocenters. The van der Waals surface area contributed by atoms with Gasteiger partial charge in [0, 0.05) is 12.1 Å². The SMILES string of the molecule is CCOC(=O)CN1C(=O)CC(C)C=C1c1cccc(C(F)(F)F)c1. The molecule has 1 atom stereocenters. The second kappa shape index (κ2) is 7.07. The number of carbonyl (C=O) groups excluding carboxylic acids is 2. The Kier molecular flexibility index (Phi) is 5.31. The summed E-state index contributed by atoms with van der Waals surface area (Å²) in [5.74, 6) is -1.04. The second-order valence-electron chi connectivity index (χ2n) is 5.60. The van der Waals surface area contributed by atoms with Gasteiger partial charge < -0.3 is 9.64 Å². The number of amides is 1. The van der Waals surface area contributed by atoms with Crippen LogP contribution in [0.3, 0.4) is 0 Å². The second-order valence-corrected chi connectivity index (χ2v) is 5.60. The molecule has 2 rings (SSSR count). The van der Waals surface area contributed by atoms with Gasteiger partial charge in [-0.15, -0.1) is 0 Å². The number of rotatable bonds is 4. The Morgan fingerprint density at radius 2 is 2.08 bits per heavy atom. The molecule has 130 valence electrons. The van der Waals surface area contributed by atoms with Gasteiger partial charge in [-0.2, -0.15) is 13.2 Å². The van der Waals surface area contributed by atoms with Crippen molar-refractivity contribution in [1.82, 2.24) is 4.90 Å². The quantitative estimate of drug-likeness (QED) is 0.788. The largest absolute Gasteiger partial charge is 0.465 e. The molecule has 0 aliphatic carbocycles. The molecular formula is C17H18F3NO3. The molecule has 4 nitrogen and oxygen atoms in total. The van der Waals surface area contributed by atoms with Crippen LogP contribution in [0.15, 0.2) is 30.3 Å². The average Bonchev–Trinajstić information content (AvgIpc) is 2.49. The summed E-state index contributed by atoms with van der Waals surface area (Å²) < 4.78 is 43.6. The van der Waals surface area contributed by atoms with Crippen LogP contribution in [-0.2, 0) is 20.5 Å². The number of hydrogen-bond donors (Lipinski definition) is 0. The minimum atomic E-state index is -4.48. The fraction of sp³-hybridized carbons (Fsp3) is 0.412. The molecule has 0 saturated heterocycles. The van der Waals surface area contributed by atoms with E-state index in [9.17, 15) is 22.8 Å². The molecule has 1 aliphatic rings. The highest BCUT2D eigenvalue weighted by Crippen LogP contribution is 2.34. The normalized spacial score (nSPS) is 18.4. The molecule has 1 heterocycles. The van der Waals surface area contributed by atoms with E-state index in [1.165, 1.54) is 17.0 Å². The third-order valence-corrected chi connectivity index (χ3v) is 3.61. The highest BCUT2D eigenvalue weighted by Gasteiger charge is 2.33. The highest BCUT2D eigenvalue weighted by molar-refractivity contribution is 5.93. The lowest BCUT2D eigenvalue weighted by atomic mass is 9.96. The molecule has 0 saturated carbocycles. The van der Waals surface area contributed by atoms with E-state index < -0.39 is 17.7 Å². The number of benzene rings is 1. The summed E-state index contributed by atoms with van der Waals surface area (Å²) in [5.41, 5.74) is -0.255. The first-order chi connectivity index (χ1) is 11.2. The maximum Gasteiger partial charge on any atom is 0.416 e. The molecule has 1 aromatic rings. The van der Waals surface area contributed by atoms with E-state index in [0.29, 0.717) is 5.70 Å². The predicted octanol–water partition coefficient (Wildman–Crippen LogP) is 3.48. The third kappa shape index (κ3) is 4.15. The molecule has 0 spiro atoms. The van der Waals surface area contributed by atoms with Crippen LogP contribution in [0.25, 0.3) is 5.70 Å². The van der Waals surface area contributed by atoms with Gasteiger partial charge in [0.2, 0.25) is 5.91 Å². The van der Waals surface area contributed by atoms with Crippen molar-refractivity contribution in [2.45, 2.75) is 26.4 Å². The lowest BCUT2D eigenvalue weighted by Gasteiger charge is -2.30. The number of hydrogen-bond acceptors (Lipinski definition) is 3. The predicted molar refractivity (Wildman–Crippen MR) is 81.5 cm³/mol. The van der Waals surface area contributed by atoms with Gasteiger partial charge in [-0.05, 0) is 30.5 Å². The van der Waals surface area contributed by atoms with Gasteiger partial charge in [0.05, 0.1) is 12.2 Å². The Morgan fingerprint density at radius 1 is 1.38 bits per heavy atom. The van der Waals surface area contributed by atoms with Gasteiger partial charge in [-0.25, -0.2) is 0 Å². The summed E-state index contributed by atoms with van der Waals surface area (Å²) in [6.07, 6.45) is -2.58. The molecule has 0 radical (unpaired) electrons. The van der Waals surface area contributed by atoms with Crippen LogP contribution in [-0.4, -0.2) is 29.9 Å². The number of nitrogens with zero attached hydrogens (tertiary/aromatic N) is 1. The molecular weight excluding hydrogens is 323 g/mol. The third-order valence-electron chi connectivity index (χ3n) is 3.61. The van der Waals surface area contributed by atoms with Crippen molar-refractivity contribution in [2.75, 3.05) is 13.2 Å². The topological polar surface area (TPSA) is 46.6 Å². The first-order valence-electron chi connectivity index (χ1n) is 7.57. The Bertz CT molecular complexity index is 667. The van der Waals surface area contributed by atoms with E-state index in [0.717, 1.165) is 12.1 Å². The number of carbonyl (C=O) groups is 2. The van der Waals surface area contributed by atoms with Crippen molar-refractivity contribution >= 4 is 17.6 Å². The number of alkyl halides is 3. The number of allylic oxidation sites excluding steroid dienone is 1. The molecule has 1 aliphatic heterocycles. The van der Waals surface area contributed by atoms with Crippen molar-refractivity contribution in [1.29, 1.82) is 0 Å². The zero-order valence-electron chi connectivity index (χ0n) is 13.4. The Labute approximate surface area is 137 Å².